The van der Waals surface area contributed by atoms with Crippen molar-refractivity contribution in [2.24, 2.45) is 0 Å². The molecule has 1 unspecified atom stereocenters. The average molecular weight is 181 g/mol. The molecule has 0 amide bonds. The minimum absolute atomic E-state index is 0.480. The van der Waals surface area contributed by atoms with Crippen molar-refractivity contribution < 1.29 is 0 Å². The summed E-state index contributed by atoms with van der Waals surface area (Å²) in [5, 5.41) is 0.480. The van der Waals surface area contributed by atoms with Gasteiger partial charge in [0, 0.05) is 6.20 Å². The molecule has 4 heteroatoms. The molecule has 0 aromatic carbocycles. The van der Waals surface area contributed by atoms with E-state index in [9.17, 15) is 0 Å². The van der Waals surface area contributed by atoms with Crippen LogP contribution in [0.2, 0.25) is 0 Å². The molecule has 2 N–H and O–H groups in total. The molecule has 0 radical (unpaired) electrons. The van der Waals surface area contributed by atoms with E-state index < -0.39 is 0 Å². The molecule has 1 aliphatic rings. The van der Waals surface area contributed by atoms with Crippen molar-refractivity contribution in [1.29, 1.82) is 0 Å². The van der Waals surface area contributed by atoms with Crippen LogP contribution in [0.5, 0.6) is 0 Å². The Kier molecular flexibility index (Phi) is 2.17. The number of aromatic nitrogens is 2. The molecule has 0 bridgehead atoms. The standard InChI is InChI=1S/C8H11N3S/c9-7-3-4-10-8(11-7)6-2-1-5-12-6/h3-4,6H,1-2,5H2,(H2,9,10,11). The second-order valence-electron chi connectivity index (χ2n) is 2.84. The molecule has 1 fully saturated rings. The van der Waals surface area contributed by atoms with Crippen LogP contribution in [0.1, 0.15) is 23.9 Å². The molecule has 64 valence electrons. The zero-order valence-electron chi connectivity index (χ0n) is 6.73. The van der Waals surface area contributed by atoms with Gasteiger partial charge in [0.1, 0.15) is 11.6 Å². The summed E-state index contributed by atoms with van der Waals surface area (Å²) in [4.78, 5) is 8.41. The Morgan fingerprint density at radius 1 is 1.58 bits per heavy atom. The number of anilines is 1. The van der Waals surface area contributed by atoms with Crippen molar-refractivity contribution in [2.75, 3.05) is 11.5 Å². The van der Waals surface area contributed by atoms with Gasteiger partial charge in [-0.05, 0) is 24.7 Å². The van der Waals surface area contributed by atoms with Gasteiger partial charge in [-0.2, -0.15) is 11.8 Å². The molecule has 1 aromatic rings. The van der Waals surface area contributed by atoms with Gasteiger partial charge in [0.15, 0.2) is 0 Å². The smallest absolute Gasteiger partial charge is 0.143 e. The van der Waals surface area contributed by atoms with Crippen LogP contribution in [0.25, 0.3) is 0 Å². The summed E-state index contributed by atoms with van der Waals surface area (Å²) < 4.78 is 0. The molecule has 0 aliphatic carbocycles. The van der Waals surface area contributed by atoms with Gasteiger partial charge >= 0.3 is 0 Å². The van der Waals surface area contributed by atoms with E-state index in [1.807, 2.05) is 11.8 Å². The van der Waals surface area contributed by atoms with Crippen LogP contribution in [0.15, 0.2) is 12.3 Å². The lowest BCUT2D eigenvalue weighted by molar-refractivity contribution is 0.778. The maximum Gasteiger partial charge on any atom is 0.143 e. The van der Waals surface area contributed by atoms with Gasteiger partial charge in [-0.15, -0.1) is 0 Å². The highest BCUT2D eigenvalue weighted by Crippen LogP contribution is 2.37. The van der Waals surface area contributed by atoms with Gasteiger partial charge in [0.25, 0.3) is 0 Å². The third-order valence-electron chi connectivity index (χ3n) is 1.91. The number of hydrogen-bond acceptors (Lipinski definition) is 4. The second-order valence-corrected chi connectivity index (χ2v) is 4.15. The number of nitrogens with zero attached hydrogens (tertiary/aromatic N) is 2. The van der Waals surface area contributed by atoms with E-state index in [-0.39, 0.29) is 0 Å². The number of hydrogen-bond donors (Lipinski definition) is 1. The number of thioether (sulfide) groups is 1. The first-order valence-corrected chi connectivity index (χ1v) is 5.11. The van der Waals surface area contributed by atoms with Gasteiger partial charge in [-0.3, -0.25) is 0 Å². The highest BCUT2D eigenvalue weighted by atomic mass is 32.2. The van der Waals surface area contributed by atoms with E-state index in [1.165, 1.54) is 18.6 Å². The first kappa shape index (κ1) is 7.86. The molecule has 3 nitrogen and oxygen atoms in total. The first-order chi connectivity index (χ1) is 5.86. The molecule has 2 heterocycles. The number of nitrogens with two attached hydrogens (primary N) is 1. The summed E-state index contributed by atoms with van der Waals surface area (Å²) in [6, 6.07) is 1.73. The van der Waals surface area contributed by atoms with Crippen molar-refractivity contribution in [3.05, 3.63) is 18.1 Å². The first-order valence-electron chi connectivity index (χ1n) is 4.06. The van der Waals surface area contributed by atoms with Crippen molar-refractivity contribution >= 4 is 17.6 Å². The van der Waals surface area contributed by atoms with Crippen LogP contribution >= 0.6 is 11.8 Å². The lowest BCUT2D eigenvalue weighted by Crippen LogP contribution is -2.00. The lowest BCUT2D eigenvalue weighted by atomic mass is 10.2. The van der Waals surface area contributed by atoms with Gasteiger partial charge in [-0.25, -0.2) is 9.97 Å². The average Bonchev–Trinajstić information content (AvgIpc) is 2.56. The maximum atomic E-state index is 5.57. The number of rotatable bonds is 1. The van der Waals surface area contributed by atoms with Crippen LogP contribution in [0.4, 0.5) is 5.82 Å². The van der Waals surface area contributed by atoms with Gasteiger partial charge < -0.3 is 5.73 Å². The summed E-state index contributed by atoms with van der Waals surface area (Å²) in [6.45, 7) is 0. The van der Waals surface area contributed by atoms with Gasteiger partial charge in [0.05, 0.1) is 5.25 Å². The summed E-state index contributed by atoms with van der Waals surface area (Å²) in [6.07, 6.45) is 4.19. The van der Waals surface area contributed by atoms with E-state index in [0.717, 1.165) is 5.82 Å². The Bertz CT molecular complexity index is 271. The lowest BCUT2D eigenvalue weighted by Gasteiger charge is -2.05. The Morgan fingerprint density at radius 2 is 2.50 bits per heavy atom. The molecule has 1 saturated heterocycles. The third-order valence-corrected chi connectivity index (χ3v) is 3.29. The highest BCUT2D eigenvalue weighted by Gasteiger charge is 2.19. The van der Waals surface area contributed by atoms with Crippen LogP contribution in [0, 0.1) is 0 Å². The minimum Gasteiger partial charge on any atom is -0.384 e. The molecule has 12 heavy (non-hydrogen) atoms. The van der Waals surface area contributed by atoms with Crippen LogP contribution in [-0.4, -0.2) is 15.7 Å². The summed E-state index contributed by atoms with van der Waals surface area (Å²) in [7, 11) is 0. The maximum absolute atomic E-state index is 5.57. The van der Waals surface area contributed by atoms with Gasteiger partial charge in [0.2, 0.25) is 0 Å². The van der Waals surface area contributed by atoms with Crippen molar-refractivity contribution in [2.45, 2.75) is 18.1 Å². The number of nitrogen functional groups attached to an aromatic ring is 1. The Labute approximate surface area is 75.8 Å². The summed E-state index contributed by atoms with van der Waals surface area (Å²) in [5.41, 5.74) is 5.57. The zero-order valence-corrected chi connectivity index (χ0v) is 7.55. The zero-order chi connectivity index (χ0) is 8.39. The fourth-order valence-corrected chi connectivity index (χ4v) is 2.54. The molecule has 1 aromatic heterocycles. The topological polar surface area (TPSA) is 51.8 Å². The monoisotopic (exact) mass is 181 g/mol. The Morgan fingerprint density at radius 3 is 3.17 bits per heavy atom. The third kappa shape index (κ3) is 1.53. The largest absolute Gasteiger partial charge is 0.384 e. The van der Waals surface area contributed by atoms with E-state index in [1.54, 1.807) is 12.3 Å². The molecular formula is C8H11N3S. The molecule has 1 atom stereocenters. The van der Waals surface area contributed by atoms with Crippen LogP contribution < -0.4 is 5.73 Å². The van der Waals surface area contributed by atoms with Crippen molar-refractivity contribution in [1.82, 2.24) is 9.97 Å². The van der Waals surface area contributed by atoms with E-state index >= 15 is 0 Å². The normalized spacial score (nSPS) is 22.8. The fourth-order valence-electron chi connectivity index (χ4n) is 1.32. The van der Waals surface area contributed by atoms with Crippen molar-refractivity contribution in [3.63, 3.8) is 0 Å². The highest BCUT2D eigenvalue weighted by molar-refractivity contribution is 7.99. The molecular weight excluding hydrogens is 170 g/mol. The molecule has 1 aliphatic heterocycles. The van der Waals surface area contributed by atoms with E-state index in [2.05, 4.69) is 9.97 Å². The second kappa shape index (κ2) is 3.31. The van der Waals surface area contributed by atoms with Crippen molar-refractivity contribution in [3.8, 4) is 0 Å². The van der Waals surface area contributed by atoms with Crippen LogP contribution in [-0.2, 0) is 0 Å². The Balaban J connectivity index is 2.21. The molecule has 2 rings (SSSR count). The molecule has 0 saturated carbocycles. The quantitative estimate of drug-likeness (QED) is 0.715. The minimum atomic E-state index is 0.480. The predicted octanol–water partition coefficient (Wildman–Crippen LogP) is 1.63. The van der Waals surface area contributed by atoms with Crippen LogP contribution in [0.3, 0.4) is 0 Å². The van der Waals surface area contributed by atoms with E-state index in [0.29, 0.717) is 11.1 Å². The SMILES string of the molecule is Nc1ccnc(C2CCCS2)n1. The molecule has 0 spiro atoms. The predicted molar refractivity (Wildman–Crippen MR) is 50.9 cm³/mol. The Hall–Kier alpha value is -0.770. The van der Waals surface area contributed by atoms with E-state index in [4.69, 9.17) is 5.73 Å². The fraction of sp³-hybridized carbons (Fsp3) is 0.500. The summed E-state index contributed by atoms with van der Waals surface area (Å²) >= 11 is 1.92. The summed E-state index contributed by atoms with van der Waals surface area (Å²) in [5.74, 6) is 2.70. The van der Waals surface area contributed by atoms with Gasteiger partial charge in [-0.1, -0.05) is 0 Å².